The molecule has 1 heterocycles. The van der Waals surface area contributed by atoms with E-state index in [9.17, 15) is 0 Å². The van der Waals surface area contributed by atoms with Gasteiger partial charge in [-0.3, -0.25) is 4.98 Å². The lowest BCUT2D eigenvalue weighted by atomic mass is 10.3. The molecule has 0 aliphatic heterocycles. The molecule has 20 heavy (non-hydrogen) atoms. The van der Waals surface area contributed by atoms with E-state index in [1.165, 1.54) is 0 Å². The van der Waals surface area contributed by atoms with Crippen molar-refractivity contribution in [3.8, 4) is 17.4 Å². The van der Waals surface area contributed by atoms with Crippen LogP contribution in [-0.4, -0.2) is 23.1 Å². The van der Waals surface area contributed by atoms with Gasteiger partial charge in [-0.1, -0.05) is 6.92 Å². The fourth-order valence-corrected chi connectivity index (χ4v) is 1.61. The first-order valence-corrected chi connectivity index (χ1v) is 6.78. The summed E-state index contributed by atoms with van der Waals surface area (Å²) in [6, 6.07) is 7.47. The Morgan fingerprint density at radius 3 is 2.50 bits per heavy atom. The summed E-state index contributed by atoms with van der Waals surface area (Å²) in [5.74, 6) is 2.71. The van der Waals surface area contributed by atoms with Gasteiger partial charge >= 0.3 is 0 Å². The highest BCUT2D eigenvalue weighted by Crippen LogP contribution is 2.22. The second kappa shape index (κ2) is 7.33. The van der Waals surface area contributed by atoms with Gasteiger partial charge in [-0.05, 0) is 37.6 Å². The Bertz CT molecular complexity index is 529. The average Bonchev–Trinajstić information content (AvgIpc) is 2.47. The van der Waals surface area contributed by atoms with Crippen molar-refractivity contribution in [1.82, 2.24) is 9.97 Å². The van der Waals surface area contributed by atoms with Crippen LogP contribution in [0.1, 0.15) is 20.3 Å². The number of nitrogens with zero attached hydrogens (tertiary/aromatic N) is 2. The Morgan fingerprint density at radius 2 is 1.80 bits per heavy atom. The number of anilines is 1. The number of aromatic nitrogens is 2. The molecule has 0 atom stereocenters. The van der Waals surface area contributed by atoms with Crippen molar-refractivity contribution >= 4 is 5.82 Å². The first-order valence-electron chi connectivity index (χ1n) is 6.78. The van der Waals surface area contributed by atoms with E-state index in [2.05, 4.69) is 22.2 Å². The highest BCUT2D eigenvalue weighted by atomic mass is 16.5. The van der Waals surface area contributed by atoms with Gasteiger partial charge in [0, 0.05) is 6.54 Å². The highest BCUT2D eigenvalue weighted by Gasteiger charge is 2.02. The second-order valence-electron chi connectivity index (χ2n) is 4.19. The van der Waals surface area contributed by atoms with Crippen molar-refractivity contribution in [3.63, 3.8) is 0 Å². The first-order chi connectivity index (χ1) is 9.81. The van der Waals surface area contributed by atoms with Crippen LogP contribution in [0.15, 0.2) is 36.7 Å². The summed E-state index contributed by atoms with van der Waals surface area (Å²) in [6.07, 6.45) is 4.24. The van der Waals surface area contributed by atoms with Crippen molar-refractivity contribution in [1.29, 1.82) is 0 Å². The van der Waals surface area contributed by atoms with Crippen LogP contribution < -0.4 is 14.8 Å². The summed E-state index contributed by atoms with van der Waals surface area (Å²) in [5, 5.41) is 3.09. The molecule has 1 N–H and O–H groups in total. The van der Waals surface area contributed by atoms with Gasteiger partial charge in [-0.15, -0.1) is 0 Å². The maximum atomic E-state index is 5.66. The van der Waals surface area contributed by atoms with Crippen molar-refractivity contribution in [3.05, 3.63) is 36.7 Å². The van der Waals surface area contributed by atoms with Crippen LogP contribution in [0, 0.1) is 0 Å². The fourth-order valence-electron chi connectivity index (χ4n) is 1.61. The van der Waals surface area contributed by atoms with E-state index < -0.39 is 0 Å². The quantitative estimate of drug-likeness (QED) is 0.836. The average molecular weight is 273 g/mol. The normalized spacial score (nSPS) is 10.1. The Hall–Kier alpha value is -2.30. The Kier molecular flexibility index (Phi) is 5.17. The number of benzene rings is 1. The lowest BCUT2D eigenvalue weighted by Gasteiger charge is -2.08. The van der Waals surface area contributed by atoms with Gasteiger partial charge in [0.1, 0.15) is 17.3 Å². The molecule has 0 amide bonds. The Balaban J connectivity index is 2.00. The smallest absolute Gasteiger partial charge is 0.239 e. The Labute approximate surface area is 119 Å². The summed E-state index contributed by atoms with van der Waals surface area (Å²) in [5.41, 5.74) is 0. The van der Waals surface area contributed by atoms with Crippen molar-refractivity contribution < 1.29 is 9.47 Å². The summed E-state index contributed by atoms with van der Waals surface area (Å²) in [7, 11) is 0. The number of nitrogens with one attached hydrogen (secondary N) is 1. The van der Waals surface area contributed by atoms with Crippen LogP contribution in [0.25, 0.3) is 0 Å². The molecule has 1 aromatic heterocycles. The van der Waals surface area contributed by atoms with Crippen molar-refractivity contribution in [2.75, 3.05) is 18.5 Å². The van der Waals surface area contributed by atoms with E-state index in [1.807, 2.05) is 31.2 Å². The summed E-state index contributed by atoms with van der Waals surface area (Å²) in [6.45, 7) is 5.59. The zero-order valence-corrected chi connectivity index (χ0v) is 11.8. The van der Waals surface area contributed by atoms with E-state index in [4.69, 9.17) is 9.47 Å². The lowest BCUT2D eigenvalue weighted by molar-refractivity contribution is 0.317. The third kappa shape index (κ3) is 4.12. The zero-order chi connectivity index (χ0) is 14.2. The minimum absolute atomic E-state index is 0.464. The van der Waals surface area contributed by atoms with Gasteiger partial charge in [0.25, 0.3) is 0 Å². The predicted octanol–water partition coefficient (Wildman–Crippen LogP) is 3.49. The minimum atomic E-state index is 0.464. The van der Waals surface area contributed by atoms with Crippen LogP contribution in [0.5, 0.6) is 17.4 Å². The number of hydrogen-bond donors (Lipinski definition) is 1. The number of ether oxygens (including phenoxy) is 2. The van der Waals surface area contributed by atoms with E-state index in [-0.39, 0.29) is 0 Å². The molecule has 5 heteroatoms. The molecule has 0 saturated carbocycles. The molecule has 0 saturated heterocycles. The van der Waals surface area contributed by atoms with Gasteiger partial charge in [0.15, 0.2) is 0 Å². The molecule has 0 bridgehead atoms. The van der Waals surface area contributed by atoms with E-state index in [0.717, 1.165) is 25.3 Å². The van der Waals surface area contributed by atoms with E-state index in [0.29, 0.717) is 17.4 Å². The molecule has 5 nitrogen and oxygen atoms in total. The highest BCUT2D eigenvalue weighted by molar-refractivity contribution is 5.36. The lowest BCUT2D eigenvalue weighted by Crippen LogP contribution is -2.00. The molecule has 0 unspecified atom stereocenters. The van der Waals surface area contributed by atoms with Crippen LogP contribution in [0.4, 0.5) is 5.82 Å². The topological polar surface area (TPSA) is 56.3 Å². The maximum absolute atomic E-state index is 5.66. The molecular weight excluding hydrogens is 254 g/mol. The molecule has 106 valence electrons. The predicted molar refractivity (Wildman–Crippen MR) is 78.5 cm³/mol. The molecule has 0 aliphatic rings. The summed E-state index contributed by atoms with van der Waals surface area (Å²) in [4.78, 5) is 8.39. The number of hydrogen-bond acceptors (Lipinski definition) is 5. The Morgan fingerprint density at radius 1 is 1.05 bits per heavy atom. The van der Waals surface area contributed by atoms with Crippen LogP contribution in [0.2, 0.25) is 0 Å². The maximum Gasteiger partial charge on any atom is 0.239 e. The van der Waals surface area contributed by atoms with Gasteiger partial charge < -0.3 is 14.8 Å². The van der Waals surface area contributed by atoms with Crippen LogP contribution >= 0.6 is 0 Å². The van der Waals surface area contributed by atoms with E-state index >= 15 is 0 Å². The van der Waals surface area contributed by atoms with Gasteiger partial charge in [-0.2, -0.15) is 4.98 Å². The summed E-state index contributed by atoms with van der Waals surface area (Å²) >= 11 is 0. The van der Waals surface area contributed by atoms with E-state index in [1.54, 1.807) is 12.4 Å². The van der Waals surface area contributed by atoms with Gasteiger partial charge in [0.2, 0.25) is 5.88 Å². The van der Waals surface area contributed by atoms with Gasteiger partial charge in [0.05, 0.1) is 19.0 Å². The molecule has 2 rings (SSSR count). The van der Waals surface area contributed by atoms with Crippen molar-refractivity contribution in [2.24, 2.45) is 0 Å². The standard InChI is InChI=1S/C15H19N3O2/c1-3-9-19-12-5-7-13(8-6-12)20-15-11-16-10-14(18-15)17-4-2/h5-8,10-11H,3-4,9H2,1-2H3,(H,17,18). The monoisotopic (exact) mass is 273 g/mol. The van der Waals surface area contributed by atoms with Crippen molar-refractivity contribution in [2.45, 2.75) is 20.3 Å². The van der Waals surface area contributed by atoms with Crippen LogP contribution in [0.3, 0.4) is 0 Å². The molecule has 0 radical (unpaired) electrons. The molecular formula is C15H19N3O2. The molecule has 1 aromatic carbocycles. The third-order valence-corrected chi connectivity index (χ3v) is 2.49. The second-order valence-corrected chi connectivity index (χ2v) is 4.19. The number of rotatable bonds is 7. The minimum Gasteiger partial charge on any atom is -0.494 e. The van der Waals surface area contributed by atoms with Gasteiger partial charge in [-0.25, -0.2) is 0 Å². The molecule has 2 aromatic rings. The summed E-state index contributed by atoms with van der Waals surface area (Å²) < 4.78 is 11.2. The van der Waals surface area contributed by atoms with Crippen LogP contribution in [-0.2, 0) is 0 Å². The molecule has 0 aliphatic carbocycles. The largest absolute Gasteiger partial charge is 0.494 e. The SMILES string of the molecule is CCCOc1ccc(Oc2cncc(NCC)n2)cc1. The third-order valence-electron chi connectivity index (χ3n) is 2.49. The fraction of sp³-hybridized carbons (Fsp3) is 0.333. The first kappa shape index (κ1) is 14.1. The zero-order valence-electron chi connectivity index (χ0n) is 11.8. The molecule has 0 fully saturated rings. The molecule has 0 spiro atoms.